The van der Waals surface area contributed by atoms with Gasteiger partial charge in [-0.15, -0.1) is 0 Å². The number of hydrogen-bond donors (Lipinski definition) is 0. The Morgan fingerprint density at radius 2 is 0.964 bits per heavy atom. The highest BCUT2D eigenvalue weighted by atomic mass is 15.1. The topological polar surface area (TPSA) is 3.24 Å². The summed E-state index contributed by atoms with van der Waals surface area (Å²) in [5.41, 5.74) is 13.7. The Kier molecular flexibility index (Phi) is 7.58. The molecule has 0 saturated heterocycles. The molecule has 10 rings (SSSR count). The fourth-order valence-corrected chi connectivity index (χ4v) is 9.15. The van der Waals surface area contributed by atoms with Crippen molar-refractivity contribution in [2.24, 2.45) is 0 Å². The van der Waals surface area contributed by atoms with Crippen molar-refractivity contribution in [2.75, 3.05) is 4.90 Å². The monoisotopic (exact) mass is 705 g/mol. The molecule has 1 aliphatic carbocycles. The van der Waals surface area contributed by atoms with Crippen LogP contribution in [0, 0.1) is 0 Å². The minimum Gasteiger partial charge on any atom is -0.309 e. The third-order valence-corrected chi connectivity index (χ3v) is 12.3. The van der Waals surface area contributed by atoms with E-state index in [1.807, 2.05) is 0 Å². The molecule has 0 spiro atoms. The van der Waals surface area contributed by atoms with E-state index in [1.165, 1.54) is 82.5 Å². The van der Waals surface area contributed by atoms with Crippen LogP contribution in [0.2, 0.25) is 0 Å². The number of hydrogen-bond acceptors (Lipinski definition) is 1. The summed E-state index contributed by atoms with van der Waals surface area (Å²) in [6.45, 7) is 9.41. The van der Waals surface area contributed by atoms with Gasteiger partial charge in [-0.05, 0) is 96.2 Å². The maximum Gasteiger partial charge on any atom is 0.0621 e. The molecule has 0 radical (unpaired) electrons. The van der Waals surface area contributed by atoms with Crippen molar-refractivity contribution in [1.82, 2.24) is 0 Å². The first-order valence-electron chi connectivity index (χ1n) is 19.4. The molecule has 9 aromatic rings. The van der Waals surface area contributed by atoms with Crippen molar-refractivity contribution in [3.05, 3.63) is 210 Å². The van der Waals surface area contributed by atoms with E-state index < -0.39 is 0 Å². The lowest BCUT2D eigenvalue weighted by Crippen LogP contribution is -2.18. The number of rotatable bonds is 6. The van der Waals surface area contributed by atoms with Crippen LogP contribution in [-0.2, 0) is 10.8 Å². The predicted octanol–water partition coefficient (Wildman–Crippen LogP) is 14.9. The molecule has 0 heterocycles. The molecular formula is C54H43N. The Balaban J connectivity index is 1.03. The van der Waals surface area contributed by atoms with E-state index in [-0.39, 0.29) is 10.8 Å². The SMILES string of the molecule is CC(C)(c1ccc(-c2ccc(N(c3ccccc3)c3c4c(cc5ccccc35)C(C)(C)c3ccccc3-4)cc2)cc1)c1ccc2c(ccc3ccccc32)c1. The van der Waals surface area contributed by atoms with Gasteiger partial charge in [0.25, 0.3) is 0 Å². The van der Waals surface area contributed by atoms with Gasteiger partial charge in [-0.1, -0.05) is 185 Å². The summed E-state index contributed by atoms with van der Waals surface area (Å²) in [5, 5.41) is 7.69. The normalized spacial score (nSPS) is 13.2. The molecule has 0 saturated carbocycles. The molecule has 0 atom stereocenters. The molecule has 0 bridgehead atoms. The molecular weight excluding hydrogens is 663 g/mol. The molecule has 0 aliphatic heterocycles. The molecule has 1 heteroatoms. The lowest BCUT2D eigenvalue weighted by Gasteiger charge is -2.30. The highest BCUT2D eigenvalue weighted by molar-refractivity contribution is 6.10. The summed E-state index contributed by atoms with van der Waals surface area (Å²) in [6.07, 6.45) is 0. The summed E-state index contributed by atoms with van der Waals surface area (Å²) >= 11 is 0. The van der Waals surface area contributed by atoms with Gasteiger partial charge in [-0.2, -0.15) is 0 Å². The van der Waals surface area contributed by atoms with E-state index >= 15 is 0 Å². The first-order valence-corrected chi connectivity index (χ1v) is 19.4. The van der Waals surface area contributed by atoms with Crippen LogP contribution in [0.15, 0.2) is 188 Å². The zero-order valence-corrected chi connectivity index (χ0v) is 31.8. The van der Waals surface area contributed by atoms with Crippen molar-refractivity contribution in [3.63, 3.8) is 0 Å². The Morgan fingerprint density at radius 1 is 0.418 bits per heavy atom. The third kappa shape index (κ3) is 5.29. The second-order valence-electron chi connectivity index (χ2n) is 16.2. The zero-order valence-electron chi connectivity index (χ0n) is 31.8. The van der Waals surface area contributed by atoms with Crippen LogP contribution in [0.1, 0.15) is 49.9 Å². The van der Waals surface area contributed by atoms with Gasteiger partial charge in [-0.3, -0.25) is 0 Å². The van der Waals surface area contributed by atoms with Crippen LogP contribution in [0.4, 0.5) is 17.1 Å². The largest absolute Gasteiger partial charge is 0.309 e. The Morgan fingerprint density at radius 3 is 1.73 bits per heavy atom. The van der Waals surface area contributed by atoms with Crippen LogP contribution in [0.5, 0.6) is 0 Å². The number of fused-ring (bicyclic) bond motifs is 7. The molecule has 0 unspecified atom stereocenters. The van der Waals surface area contributed by atoms with Crippen LogP contribution < -0.4 is 4.90 Å². The van der Waals surface area contributed by atoms with Gasteiger partial charge >= 0.3 is 0 Å². The van der Waals surface area contributed by atoms with Crippen molar-refractivity contribution in [3.8, 4) is 22.3 Å². The molecule has 0 N–H and O–H groups in total. The zero-order chi connectivity index (χ0) is 37.3. The van der Waals surface area contributed by atoms with E-state index in [0.29, 0.717) is 0 Å². The van der Waals surface area contributed by atoms with Gasteiger partial charge in [0.05, 0.1) is 5.69 Å². The van der Waals surface area contributed by atoms with Gasteiger partial charge in [0.15, 0.2) is 0 Å². The maximum absolute atomic E-state index is 2.47. The summed E-state index contributed by atoms with van der Waals surface area (Å²) in [7, 11) is 0. The average Bonchev–Trinajstić information content (AvgIpc) is 3.46. The van der Waals surface area contributed by atoms with Gasteiger partial charge in [-0.25, -0.2) is 0 Å². The highest BCUT2D eigenvalue weighted by Gasteiger charge is 2.39. The molecule has 0 amide bonds. The molecule has 1 nitrogen and oxygen atoms in total. The second kappa shape index (κ2) is 12.6. The summed E-state index contributed by atoms with van der Waals surface area (Å²) in [5.74, 6) is 0. The van der Waals surface area contributed by atoms with Gasteiger partial charge < -0.3 is 4.90 Å². The van der Waals surface area contributed by atoms with Gasteiger partial charge in [0, 0.05) is 33.2 Å². The fourth-order valence-electron chi connectivity index (χ4n) is 9.15. The van der Waals surface area contributed by atoms with Crippen molar-refractivity contribution < 1.29 is 0 Å². The molecule has 264 valence electrons. The average molecular weight is 706 g/mol. The quantitative estimate of drug-likeness (QED) is 0.156. The summed E-state index contributed by atoms with van der Waals surface area (Å²) < 4.78 is 0. The molecule has 1 aliphatic rings. The lowest BCUT2D eigenvalue weighted by molar-refractivity contribution is 0.642. The van der Waals surface area contributed by atoms with E-state index in [4.69, 9.17) is 0 Å². The molecule has 0 fully saturated rings. The van der Waals surface area contributed by atoms with Crippen LogP contribution in [0.25, 0.3) is 54.6 Å². The van der Waals surface area contributed by atoms with E-state index in [1.54, 1.807) is 0 Å². The number of anilines is 3. The maximum atomic E-state index is 2.47. The standard InChI is InChI=1S/C54H43N/c1-53(2,42-30-33-46-40(34-42)23-22-38-14-8-10-18-45(38)46)41-28-24-36(25-29-41)37-26-31-44(32-27-37)55(43-16-6-5-7-17-43)52-47-19-11-9-15-39(47)35-50-51(52)48-20-12-13-21-49(48)54(50,3)4/h5-35H,1-4H3. The first kappa shape index (κ1) is 33.2. The lowest BCUT2D eigenvalue weighted by atomic mass is 9.77. The van der Waals surface area contributed by atoms with Crippen molar-refractivity contribution >= 4 is 49.4 Å². The second-order valence-corrected chi connectivity index (χ2v) is 16.2. The summed E-state index contributed by atoms with van der Waals surface area (Å²) in [6, 6.07) is 69.6. The van der Waals surface area contributed by atoms with Crippen LogP contribution >= 0.6 is 0 Å². The Hall–Kier alpha value is -6.44. The van der Waals surface area contributed by atoms with Crippen LogP contribution in [-0.4, -0.2) is 0 Å². The number of para-hydroxylation sites is 1. The van der Waals surface area contributed by atoms with E-state index in [0.717, 1.165) is 11.4 Å². The third-order valence-electron chi connectivity index (χ3n) is 12.3. The molecule has 9 aromatic carbocycles. The minimum atomic E-state index is -0.149. The van der Waals surface area contributed by atoms with Gasteiger partial charge in [0.2, 0.25) is 0 Å². The van der Waals surface area contributed by atoms with E-state index in [9.17, 15) is 0 Å². The first-order chi connectivity index (χ1) is 26.8. The molecule has 0 aromatic heterocycles. The summed E-state index contributed by atoms with van der Waals surface area (Å²) in [4.78, 5) is 2.47. The number of nitrogens with zero attached hydrogens (tertiary/aromatic N) is 1. The van der Waals surface area contributed by atoms with Crippen molar-refractivity contribution in [1.29, 1.82) is 0 Å². The number of benzene rings is 9. The minimum absolute atomic E-state index is 0.110. The van der Waals surface area contributed by atoms with Crippen LogP contribution in [0.3, 0.4) is 0 Å². The fraction of sp³-hybridized carbons (Fsp3) is 0.111. The highest BCUT2D eigenvalue weighted by Crippen LogP contribution is 2.56. The smallest absolute Gasteiger partial charge is 0.0621 e. The Labute approximate surface area is 324 Å². The van der Waals surface area contributed by atoms with E-state index in [2.05, 4.69) is 221 Å². The van der Waals surface area contributed by atoms with Crippen molar-refractivity contribution in [2.45, 2.75) is 38.5 Å². The van der Waals surface area contributed by atoms with Gasteiger partial charge in [0.1, 0.15) is 0 Å². The molecule has 55 heavy (non-hydrogen) atoms. The predicted molar refractivity (Wildman–Crippen MR) is 235 cm³/mol. The Bertz CT molecular complexity index is 2900.